The first-order chi connectivity index (χ1) is 13.7. The van der Waals surface area contributed by atoms with Crippen molar-refractivity contribution < 1.29 is 32.6 Å². The van der Waals surface area contributed by atoms with Crippen LogP contribution in [-0.4, -0.2) is 57.1 Å². The molecule has 1 aromatic carbocycles. The van der Waals surface area contributed by atoms with Crippen LogP contribution >= 0.6 is 0 Å². The number of hydrogen-bond acceptors (Lipinski definition) is 2. The molecule has 2 amide bonds. The molecule has 162 valence electrons. The van der Waals surface area contributed by atoms with Crippen LogP contribution in [0.3, 0.4) is 0 Å². The highest BCUT2D eigenvalue weighted by atomic mass is 19.4. The molecule has 2 rings (SSSR count). The van der Waals surface area contributed by atoms with Gasteiger partial charge < -0.3 is 20.4 Å². The van der Waals surface area contributed by atoms with Crippen molar-refractivity contribution in [3.63, 3.8) is 0 Å². The van der Waals surface area contributed by atoms with Crippen LogP contribution in [-0.2, 0) is 15.8 Å². The summed E-state index contributed by atoms with van der Waals surface area (Å²) in [4.78, 5) is 26.7. The molecule has 1 heterocycles. The quantitative estimate of drug-likeness (QED) is 0.441. The number of amides is 2. The molecule has 6 nitrogen and oxygen atoms in total. The molecular weight excluding hydrogens is 385 g/mol. The number of unbranched alkanes of at least 4 members (excludes halogenated alkanes) is 1. The van der Waals surface area contributed by atoms with E-state index in [9.17, 15) is 22.8 Å². The summed E-state index contributed by atoms with van der Waals surface area (Å²) < 4.78 is 37.9. The van der Waals surface area contributed by atoms with Gasteiger partial charge in [-0.1, -0.05) is 13.3 Å². The van der Waals surface area contributed by atoms with Crippen molar-refractivity contribution in [2.45, 2.75) is 38.9 Å². The number of hydrogen-bond donors (Lipinski definition) is 4. The Morgan fingerprint density at radius 1 is 1.10 bits per heavy atom. The van der Waals surface area contributed by atoms with Crippen LogP contribution < -0.4 is 20.4 Å². The number of piperazine rings is 1. The zero-order chi connectivity index (χ0) is 21.4. The van der Waals surface area contributed by atoms with Crippen molar-refractivity contribution in [3.05, 3.63) is 29.8 Å². The molecule has 0 radical (unpaired) electrons. The Balaban J connectivity index is 1.77. The number of benzene rings is 1. The maximum absolute atomic E-state index is 12.6. The average molecular weight is 416 g/mol. The van der Waals surface area contributed by atoms with Gasteiger partial charge in [-0.25, -0.2) is 0 Å². The molecule has 1 fully saturated rings. The zero-order valence-electron chi connectivity index (χ0n) is 17.0. The molecule has 1 aliphatic heterocycles. The Morgan fingerprint density at radius 2 is 1.72 bits per heavy atom. The van der Waals surface area contributed by atoms with E-state index >= 15 is 0 Å². The predicted molar refractivity (Wildman–Crippen MR) is 104 cm³/mol. The molecule has 0 aromatic heterocycles. The summed E-state index contributed by atoms with van der Waals surface area (Å²) in [5, 5.41) is 5.61. The maximum Gasteiger partial charge on any atom is 0.416 e. The molecule has 29 heavy (non-hydrogen) atoms. The van der Waals surface area contributed by atoms with Crippen LogP contribution in [0.5, 0.6) is 0 Å². The number of nitrogens with one attached hydrogen (secondary N) is 4. The van der Waals surface area contributed by atoms with E-state index in [1.165, 1.54) is 17.0 Å². The van der Waals surface area contributed by atoms with E-state index in [2.05, 4.69) is 17.6 Å². The van der Waals surface area contributed by atoms with Gasteiger partial charge in [-0.3, -0.25) is 9.59 Å². The van der Waals surface area contributed by atoms with Gasteiger partial charge in [0.1, 0.15) is 26.2 Å². The van der Waals surface area contributed by atoms with Gasteiger partial charge in [0.05, 0.1) is 5.56 Å². The summed E-state index contributed by atoms with van der Waals surface area (Å²) >= 11 is 0. The van der Waals surface area contributed by atoms with Gasteiger partial charge in [0.15, 0.2) is 12.6 Å². The number of alkyl halides is 3. The minimum Gasteiger partial charge on any atom is -0.351 e. The lowest BCUT2D eigenvalue weighted by molar-refractivity contribution is -1.01. The van der Waals surface area contributed by atoms with Gasteiger partial charge in [-0.05, 0) is 37.6 Å². The highest BCUT2D eigenvalue weighted by Gasteiger charge is 2.32. The fraction of sp³-hybridized carbons (Fsp3) is 0.600. The molecule has 0 unspecified atom stereocenters. The summed E-state index contributed by atoms with van der Waals surface area (Å²) in [6.07, 6.45) is -2.37. The molecule has 9 heteroatoms. The largest absolute Gasteiger partial charge is 0.416 e. The van der Waals surface area contributed by atoms with Gasteiger partial charge in [-0.2, -0.15) is 13.2 Å². The minimum atomic E-state index is -4.39. The Bertz CT molecular complexity index is 671. The van der Waals surface area contributed by atoms with Gasteiger partial charge >= 0.3 is 6.18 Å². The lowest BCUT2D eigenvalue weighted by Gasteiger charge is -2.32. The molecule has 1 aliphatic rings. The van der Waals surface area contributed by atoms with Crippen molar-refractivity contribution in [3.8, 4) is 0 Å². The highest BCUT2D eigenvalue weighted by Crippen LogP contribution is 2.29. The molecule has 0 bridgehead atoms. The number of halogens is 3. The smallest absolute Gasteiger partial charge is 0.351 e. The standard InChI is InChI=1S/C20H29F3N4O2/c1-3-4-9-24-18(28)14-26-10-12-27(13-11-26)15(2)19(29)25-17-7-5-16(6-8-17)20(21,22)23/h5-8,15H,3-4,9-14H2,1-2H3,(H,24,28)(H,25,29)/p+2/t15-/m0/s1. The summed E-state index contributed by atoms with van der Waals surface area (Å²) in [7, 11) is 0. The maximum atomic E-state index is 12.6. The van der Waals surface area contributed by atoms with Gasteiger partial charge in [0, 0.05) is 12.2 Å². The third kappa shape index (κ3) is 7.32. The second-order valence-corrected chi connectivity index (χ2v) is 7.57. The summed E-state index contributed by atoms with van der Waals surface area (Å²) in [6.45, 7) is 8.18. The highest BCUT2D eigenvalue weighted by molar-refractivity contribution is 5.93. The number of rotatable bonds is 8. The Morgan fingerprint density at radius 3 is 2.28 bits per heavy atom. The summed E-state index contributed by atoms with van der Waals surface area (Å²) in [5.74, 6) is -0.162. The molecule has 0 saturated carbocycles. The zero-order valence-corrected chi connectivity index (χ0v) is 17.0. The summed E-state index contributed by atoms with van der Waals surface area (Å²) in [6, 6.07) is 4.13. The molecule has 1 atom stereocenters. The number of quaternary nitrogens is 2. The van der Waals surface area contributed by atoms with Crippen LogP contribution in [0.15, 0.2) is 24.3 Å². The Hall–Kier alpha value is -2.13. The van der Waals surface area contributed by atoms with Crippen molar-refractivity contribution >= 4 is 17.5 Å². The van der Waals surface area contributed by atoms with E-state index in [1.807, 2.05) is 6.92 Å². The number of carbonyl (C=O) groups excluding carboxylic acids is 2. The lowest BCUT2D eigenvalue weighted by Crippen LogP contribution is -3.30. The van der Waals surface area contributed by atoms with Crippen LogP contribution in [0.2, 0.25) is 0 Å². The Kier molecular flexibility index (Phi) is 8.45. The fourth-order valence-electron chi connectivity index (χ4n) is 3.41. The van der Waals surface area contributed by atoms with Gasteiger partial charge in [0.2, 0.25) is 0 Å². The molecule has 0 spiro atoms. The third-order valence-corrected chi connectivity index (χ3v) is 5.35. The molecule has 4 N–H and O–H groups in total. The van der Waals surface area contributed by atoms with Crippen LogP contribution in [0.25, 0.3) is 0 Å². The van der Waals surface area contributed by atoms with Crippen molar-refractivity contribution in [1.29, 1.82) is 0 Å². The fourth-order valence-corrected chi connectivity index (χ4v) is 3.41. The third-order valence-electron chi connectivity index (χ3n) is 5.35. The van der Waals surface area contributed by atoms with E-state index in [-0.39, 0.29) is 17.9 Å². The first-order valence-corrected chi connectivity index (χ1v) is 10.1. The topological polar surface area (TPSA) is 67.1 Å². The van der Waals surface area contributed by atoms with Crippen LogP contribution in [0.1, 0.15) is 32.3 Å². The van der Waals surface area contributed by atoms with Crippen molar-refractivity contribution in [2.75, 3.05) is 44.6 Å². The van der Waals surface area contributed by atoms with E-state index in [1.54, 1.807) is 0 Å². The van der Waals surface area contributed by atoms with Gasteiger partial charge in [0.25, 0.3) is 11.8 Å². The number of anilines is 1. The van der Waals surface area contributed by atoms with E-state index in [0.29, 0.717) is 18.8 Å². The van der Waals surface area contributed by atoms with E-state index in [0.717, 1.165) is 56.1 Å². The summed E-state index contributed by atoms with van der Waals surface area (Å²) in [5.41, 5.74) is -0.394. The van der Waals surface area contributed by atoms with Crippen molar-refractivity contribution in [2.24, 2.45) is 0 Å². The first kappa shape index (κ1) is 23.2. The average Bonchev–Trinajstić information content (AvgIpc) is 2.68. The van der Waals surface area contributed by atoms with Crippen molar-refractivity contribution in [1.82, 2.24) is 5.32 Å². The number of carbonyl (C=O) groups is 2. The SMILES string of the molecule is CCCCNC(=O)C[NH+]1CC[NH+]([C@@H](C)C(=O)Nc2ccc(C(F)(F)F)cc2)CC1. The van der Waals surface area contributed by atoms with E-state index in [4.69, 9.17) is 0 Å². The minimum absolute atomic E-state index is 0.0602. The Labute approximate surface area is 169 Å². The molecular formula is C20H31F3N4O2+2. The normalized spacial score (nSPS) is 20.7. The molecule has 1 saturated heterocycles. The predicted octanol–water partition coefficient (Wildman–Crippen LogP) is -0.268. The first-order valence-electron chi connectivity index (χ1n) is 10.1. The molecule has 1 aromatic rings. The monoisotopic (exact) mass is 416 g/mol. The second kappa shape index (κ2) is 10.6. The van der Waals surface area contributed by atoms with Gasteiger partial charge in [-0.15, -0.1) is 0 Å². The lowest BCUT2D eigenvalue weighted by atomic mass is 10.1. The second-order valence-electron chi connectivity index (χ2n) is 7.57. The molecule has 0 aliphatic carbocycles. The van der Waals surface area contributed by atoms with Crippen LogP contribution in [0, 0.1) is 0 Å². The van der Waals surface area contributed by atoms with E-state index < -0.39 is 11.7 Å². The van der Waals surface area contributed by atoms with Crippen LogP contribution in [0.4, 0.5) is 18.9 Å².